The molecule has 4 heteroatoms. The van der Waals surface area contributed by atoms with Gasteiger partial charge in [0, 0.05) is 24.9 Å². The lowest BCUT2D eigenvalue weighted by atomic mass is 10.2. The van der Waals surface area contributed by atoms with E-state index in [1.54, 1.807) is 0 Å². The molecule has 80 valence electrons. The van der Waals surface area contributed by atoms with Gasteiger partial charge in [-0.3, -0.25) is 0 Å². The Bertz CT molecular complexity index is 236. The van der Waals surface area contributed by atoms with E-state index in [9.17, 15) is 4.79 Å². The van der Waals surface area contributed by atoms with Crippen molar-refractivity contribution in [1.82, 2.24) is 5.32 Å². The van der Waals surface area contributed by atoms with Gasteiger partial charge in [-0.05, 0) is 20.8 Å². The highest BCUT2D eigenvalue weighted by Gasteiger charge is 2.56. The second-order valence-electron chi connectivity index (χ2n) is 5.03. The monoisotopic (exact) mass is 199 g/mol. The molecular formula is C10H17NO3. The van der Waals surface area contributed by atoms with Crippen molar-refractivity contribution in [2.45, 2.75) is 32.5 Å². The first-order valence-corrected chi connectivity index (χ1v) is 5.08. The van der Waals surface area contributed by atoms with Crippen molar-refractivity contribution in [1.29, 1.82) is 0 Å². The summed E-state index contributed by atoms with van der Waals surface area (Å²) in [4.78, 5) is 11.3. The standard InChI is InChI=1S/C10H17NO3/c1-10(2,3)14-9(12)13-8-6-4-11-5-7(6)8/h6-8,11H,4-5H2,1-3H3. The second kappa shape index (κ2) is 3.12. The molecule has 1 N–H and O–H groups in total. The van der Waals surface area contributed by atoms with Crippen molar-refractivity contribution in [2.75, 3.05) is 13.1 Å². The maximum absolute atomic E-state index is 11.3. The summed E-state index contributed by atoms with van der Waals surface area (Å²) in [6, 6.07) is 0. The third-order valence-corrected chi connectivity index (χ3v) is 2.63. The van der Waals surface area contributed by atoms with Crippen LogP contribution in [0, 0.1) is 11.8 Å². The summed E-state index contributed by atoms with van der Waals surface area (Å²) in [6.45, 7) is 7.45. The summed E-state index contributed by atoms with van der Waals surface area (Å²) in [5, 5.41) is 3.24. The van der Waals surface area contributed by atoms with Crippen molar-refractivity contribution in [2.24, 2.45) is 11.8 Å². The van der Waals surface area contributed by atoms with Crippen molar-refractivity contribution in [3.8, 4) is 0 Å². The van der Waals surface area contributed by atoms with Gasteiger partial charge in [-0.1, -0.05) is 0 Å². The first kappa shape index (κ1) is 9.77. The topological polar surface area (TPSA) is 47.6 Å². The number of rotatable bonds is 1. The first-order valence-electron chi connectivity index (χ1n) is 5.08. The van der Waals surface area contributed by atoms with Gasteiger partial charge in [0.2, 0.25) is 0 Å². The SMILES string of the molecule is CC(C)(C)OC(=O)OC1C2CNCC21. The zero-order chi connectivity index (χ0) is 10.3. The molecule has 1 aliphatic carbocycles. The van der Waals surface area contributed by atoms with Gasteiger partial charge >= 0.3 is 6.16 Å². The van der Waals surface area contributed by atoms with E-state index >= 15 is 0 Å². The van der Waals surface area contributed by atoms with E-state index in [2.05, 4.69) is 5.32 Å². The summed E-state index contributed by atoms with van der Waals surface area (Å²) >= 11 is 0. The molecule has 0 spiro atoms. The molecule has 1 saturated carbocycles. The van der Waals surface area contributed by atoms with E-state index in [0.717, 1.165) is 13.1 Å². The number of carbonyl (C=O) groups is 1. The molecule has 2 rings (SSSR count). The van der Waals surface area contributed by atoms with Crippen LogP contribution in [0.25, 0.3) is 0 Å². The minimum absolute atomic E-state index is 0.103. The molecule has 2 atom stereocenters. The molecule has 0 aromatic heterocycles. The number of piperidine rings is 1. The predicted molar refractivity (Wildman–Crippen MR) is 51.0 cm³/mol. The minimum Gasteiger partial charge on any atom is -0.430 e. The summed E-state index contributed by atoms with van der Waals surface area (Å²) in [7, 11) is 0. The summed E-state index contributed by atoms with van der Waals surface area (Å²) in [5.74, 6) is 1.06. The van der Waals surface area contributed by atoms with Crippen LogP contribution >= 0.6 is 0 Å². The highest BCUT2D eigenvalue weighted by atomic mass is 16.7. The lowest BCUT2D eigenvalue weighted by Crippen LogP contribution is -2.27. The van der Waals surface area contributed by atoms with E-state index in [4.69, 9.17) is 9.47 Å². The van der Waals surface area contributed by atoms with Crippen LogP contribution in [0.4, 0.5) is 4.79 Å². The average molecular weight is 199 g/mol. The van der Waals surface area contributed by atoms with E-state index < -0.39 is 11.8 Å². The van der Waals surface area contributed by atoms with Crippen LogP contribution in [0.1, 0.15) is 20.8 Å². The molecule has 0 radical (unpaired) electrons. The summed E-state index contributed by atoms with van der Waals surface area (Å²) in [6.07, 6.45) is -0.428. The van der Waals surface area contributed by atoms with Gasteiger partial charge in [-0.15, -0.1) is 0 Å². The Labute approximate surface area is 84.0 Å². The normalized spacial score (nSPS) is 34.9. The summed E-state index contributed by atoms with van der Waals surface area (Å²) < 4.78 is 10.3. The number of ether oxygens (including phenoxy) is 2. The van der Waals surface area contributed by atoms with Crippen molar-refractivity contribution in [3.05, 3.63) is 0 Å². The van der Waals surface area contributed by atoms with Gasteiger partial charge in [0.05, 0.1) is 0 Å². The maximum atomic E-state index is 11.3. The number of nitrogens with one attached hydrogen (secondary N) is 1. The molecule has 0 aromatic carbocycles. The third kappa shape index (κ3) is 2.00. The molecule has 1 heterocycles. The van der Waals surface area contributed by atoms with Crippen LogP contribution < -0.4 is 5.32 Å². The second-order valence-corrected chi connectivity index (χ2v) is 5.03. The Kier molecular flexibility index (Phi) is 2.18. The van der Waals surface area contributed by atoms with Crippen LogP contribution in [-0.2, 0) is 9.47 Å². The zero-order valence-electron chi connectivity index (χ0n) is 8.87. The maximum Gasteiger partial charge on any atom is 0.509 e. The Balaban J connectivity index is 1.74. The fraction of sp³-hybridized carbons (Fsp3) is 0.900. The van der Waals surface area contributed by atoms with Crippen LogP contribution in [0.5, 0.6) is 0 Å². The van der Waals surface area contributed by atoms with Gasteiger partial charge in [0.15, 0.2) is 0 Å². The van der Waals surface area contributed by atoms with Crippen LogP contribution in [0.3, 0.4) is 0 Å². The van der Waals surface area contributed by atoms with Crippen molar-refractivity contribution >= 4 is 6.16 Å². The number of carbonyl (C=O) groups excluding carboxylic acids is 1. The number of fused-ring (bicyclic) bond motifs is 1. The molecule has 2 unspecified atom stereocenters. The highest BCUT2D eigenvalue weighted by molar-refractivity contribution is 5.61. The predicted octanol–water partition coefficient (Wildman–Crippen LogP) is 1.16. The number of hydrogen-bond donors (Lipinski definition) is 1. The van der Waals surface area contributed by atoms with Crippen LogP contribution in [0.2, 0.25) is 0 Å². The fourth-order valence-electron chi connectivity index (χ4n) is 1.92. The Morgan fingerprint density at radius 1 is 1.29 bits per heavy atom. The van der Waals surface area contributed by atoms with E-state index in [0.29, 0.717) is 11.8 Å². The first-order chi connectivity index (χ1) is 6.47. The molecule has 1 aliphatic heterocycles. The smallest absolute Gasteiger partial charge is 0.430 e. The fourth-order valence-corrected chi connectivity index (χ4v) is 1.92. The quantitative estimate of drug-likeness (QED) is 0.644. The van der Waals surface area contributed by atoms with E-state index in [1.165, 1.54) is 0 Å². The number of hydrogen-bond acceptors (Lipinski definition) is 4. The van der Waals surface area contributed by atoms with Crippen LogP contribution in [0.15, 0.2) is 0 Å². The van der Waals surface area contributed by atoms with Crippen molar-refractivity contribution < 1.29 is 14.3 Å². The minimum atomic E-state index is -0.531. The summed E-state index contributed by atoms with van der Waals surface area (Å²) in [5.41, 5.74) is -0.459. The van der Waals surface area contributed by atoms with Gasteiger partial charge in [0.25, 0.3) is 0 Å². The van der Waals surface area contributed by atoms with E-state index in [1.807, 2.05) is 20.8 Å². The molecular weight excluding hydrogens is 182 g/mol. The zero-order valence-corrected chi connectivity index (χ0v) is 8.87. The van der Waals surface area contributed by atoms with Gasteiger partial charge in [0.1, 0.15) is 11.7 Å². The molecule has 14 heavy (non-hydrogen) atoms. The molecule has 0 amide bonds. The molecule has 2 aliphatic rings. The van der Waals surface area contributed by atoms with E-state index in [-0.39, 0.29) is 6.10 Å². The van der Waals surface area contributed by atoms with Crippen LogP contribution in [-0.4, -0.2) is 30.9 Å². The molecule has 0 aromatic rings. The Morgan fingerprint density at radius 2 is 1.86 bits per heavy atom. The van der Waals surface area contributed by atoms with Gasteiger partial charge in [-0.25, -0.2) is 4.79 Å². The lowest BCUT2D eigenvalue weighted by Gasteiger charge is -2.19. The Hall–Kier alpha value is -0.770. The Morgan fingerprint density at radius 3 is 2.36 bits per heavy atom. The van der Waals surface area contributed by atoms with Gasteiger partial charge in [-0.2, -0.15) is 0 Å². The van der Waals surface area contributed by atoms with Gasteiger partial charge < -0.3 is 14.8 Å². The van der Waals surface area contributed by atoms with Crippen molar-refractivity contribution in [3.63, 3.8) is 0 Å². The highest BCUT2D eigenvalue weighted by Crippen LogP contribution is 2.44. The largest absolute Gasteiger partial charge is 0.509 e. The lowest BCUT2D eigenvalue weighted by molar-refractivity contribution is -0.0152. The molecule has 1 saturated heterocycles. The molecule has 0 bridgehead atoms. The third-order valence-electron chi connectivity index (χ3n) is 2.63. The molecule has 2 fully saturated rings. The molecule has 4 nitrogen and oxygen atoms in total. The average Bonchev–Trinajstić information content (AvgIpc) is 2.50.